The van der Waals surface area contributed by atoms with Crippen LogP contribution < -0.4 is 10.1 Å². The summed E-state index contributed by atoms with van der Waals surface area (Å²) in [4.78, 5) is 20.3. The van der Waals surface area contributed by atoms with Gasteiger partial charge < -0.3 is 14.9 Å². The predicted octanol–water partition coefficient (Wildman–Crippen LogP) is 2.78. The summed E-state index contributed by atoms with van der Waals surface area (Å²) < 4.78 is 44.3. The van der Waals surface area contributed by atoms with E-state index in [9.17, 15) is 18.0 Å². The fourth-order valence-electron chi connectivity index (χ4n) is 2.17. The van der Waals surface area contributed by atoms with Crippen molar-refractivity contribution in [3.63, 3.8) is 0 Å². The van der Waals surface area contributed by atoms with Crippen LogP contribution in [0.4, 0.5) is 13.2 Å². The Kier molecular flexibility index (Phi) is 6.16. The zero-order valence-corrected chi connectivity index (χ0v) is 14.0. The largest absolute Gasteiger partial charge is 0.472 e. The third-order valence-electron chi connectivity index (χ3n) is 3.34. The summed E-state index contributed by atoms with van der Waals surface area (Å²) in [6.07, 6.45) is -3.38. The first-order valence-corrected chi connectivity index (χ1v) is 7.45. The van der Waals surface area contributed by atoms with Crippen molar-refractivity contribution >= 4 is 11.6 Å². The van der Waals surface area contributed by atoms with Crippen molar-refractivity contribution in [2.75, 3.05) is 14.2 Å². The van der Waals surface area contributed by atoms with Gasteiger partial charge in [0.15, 0.2) is 5.71 Å². The molecule has 1 aromatic carbocycles. The third-order valence-corrected chi connectivity index (χ3v) is 3.34. The van der Waals surface area contributed by atoms with Gasteiger partial charge in [-0.25, -0.2) is 4.98 Å². The number of aromatic nitrogens is 1. The average Bonchev–Trinajstić information content (AvgIpc) is 2.63. The number of hydrogen-bond acceptors (Lipinski definition) is 5. The molecule has 9 heteroatoms. The van der Waals surface area contributed by atoms with Gasteiger partial charge in [-0.3, -0.25) is 4.79 Å². The van der Waals surface area contributed by atoms with Crippen molar-refractivity contribution < 1.29 is 27.5 Å². The molecule has 0 fully saturated rings. The van der Waals surface area contributed by atoms with Crippen LogP contribution in [0, 0.1) is 0 Å². The molecule has 6 nitrogen and oxygen atoms in total. The van der Waals surface area contributed by atoms with E-state index in [2.05, 4.69) is 20.3 Å². The number of nitrogens with zero attached hydrogens (tertiary/aromatic N) is 2. The van der Waals surface area contributed by atoms with Crippen LogP contribution in [-0.4, -0.2) is 30.8 Å². The molecule has 26 heavy (non-hydrogen) atoms. The lowest BCUT2D eigenvalue weighted by atomic mass is 10.0. The molecule has 1 aromatic heterocycles. The van der Waals surface area contributed by atoms with Gasteiger partial charge in [-0.1, -0.05) is 29.4 Å². The number of halogens is 3. The summed E-state index contributed by atoms with van der Waals surface area (Å²) >= 11 is 0. The van der Waals surface area contributed by atoms with Gasteiger partial charge in [0, 0.05) is 18.8 Å². The van der Waals surface area contributed by atoms with Crippen molar-refractivity contribution in [1.82, 2.24) is 10.3 Å². The van der Waals surface area contributed by atoms with Crippen LogP contribution in [-0.2, 0) is 22.4 Å². The van der Waals surface area contributed by atoms with Gasteiger partial charge in [-0.15, -0.1) is 0 Å². The fraction of sp³-hybridized carbons (Fsp3) is 0.235. The Morgan fingerprint density at radius 1 is 1.23 bits per heavy atom. The maximum Gasteiger partial charge on any atom is 0.421 e. The predicted molar refractivity (Wildman–Crippen MR) is 87.6 cm³/mol. The Balaban J connectivity index is 2.33. The number of benzene rings is 1. The molecule has 0 aliphatic carbocycles. The zero-order valence-electron chi connectivity index (χ0n) is 14.0. The lowest BCUT2D eigenvalue weighted by Crippen LogP contribution is -2.29. The molecule has 0 aliphatic rings. The molecule has 1 amide bonds. The summed E-state index contributed by atoms with van der Waals surface area (Å²) in [6.45, 7) is -0.240. The van der Waals surface area contributed by atoms with Crippen LogP contribution in [0.1, 0.15) is 16.7 Å². The van der Waals surface area contributed by atoms with E-state index in [-0.39, 0.29) is 12.3 Å². The van der Waals surface area contributed by atoms with Gasteiger partial charge in [-0.05, 0) is 17.7 Å². The monoisotopic (exact) mass is 367 g/mol. The van der Waals surface area contributed by atoms with Gasteiger partial charge in [-0.2, -0.15) is 13.2 Å². The molecule has 1 N–H and O–H groups in total. The van der Waals surface area contributed by atoms with E-state index in [4.69, 9.17) is 4.74 Å². The standard InChI is InChI=1S/C17H16F3N3O3/c1-21-15(24)14(23-25-2)12-7-4-3-6-11(12)10-26-16-13(17(18,19)20)8-5-9-22-16/h3-9H,10H2,1-2H3,(H,21,24)/b23-14+. The first-order chi connectivity index (χ1) is 12.4. The summed E-state index contributed by atoms with van der Waals surface area (Å²) in [5.41, 5.74) is -0.176. The normalized spacial score (nSPS) is 11.8. The lowest BCUT2D eigenvalue weighted by Gasteiger charge is -2.14. The SMILES string of the molecule is CNC(=O)/C(=N/OC)c1ccccc1COc1ncccc1C(F)(F)F. The second kappa shape index (κ2) is 8.32. The molecule has 138 valence electrons. The summed E-state index contributed by atoms with van der Waals surface area (Å²) in [7, 11) is 2.71. The van der Waals surface area contributed by atoms with Gasteiger partial charge in [0.25, 0.3) is 5.91 Å². The second-order valence-corrected chi connectivity index (χ2v) is 5.00. The zero-order chi connectivity index (χ0) is 19.2. The van der Waals surface area contributed by atoms with E-state index >= 15 is 0 Å². The van der Waals surface area contributed by atoms with Crippen LogP contribution in [0.25, 0.3) is 0 Å². The number of carbonyl (C=O) groups is 1. The molecule has 0 spiro atoms. The van der Waals surface area contributed by atoms with E-state index in [1.54, 1.807) is 24.3 Å². The molecule has 0 saturated carbocycles. The number of nitrogens with one attached hydrogen (secondary N) is 1. The second-order valence-electron chi connectivity index (χ2n) is 5.00. The highest BCUT2D eigenvalue weighted by Crippen LogP contribution is 2.34. The molecule has 1 heterocycles. The summed E-state index contributed by atoms with van der Waals surface area (Å²) in [5, 5.41) is 6.12. The van der Waals surface area contributed by atoms with Gasteiger partial charge >= 0.3 is 6.18 Å². The fourth-order valence-corrected chi connectivity index (χ4v) is 2.17. The smallest absolute Gasteiger partial charge is 0.421 e. The number of pyridine rings is 1. The van der Waals surface area contributed by atoms with Crippen molar-refractivity contribution in [2.24, 2.45) is 5.16 Å². The van der Waals surface area contributed by atoms with E-state index in [1.807, 2.05) is 0 Å². The minimum atomic E-state index is -4.59. The van der Waals surface area contributed by atoms with Crippen LogP contribution in [0.5, 0.6) is 5.88 Å². The van der Waals surface area contributed by atoms with Crippen LogP contribution >= 0.6 is 0 Å². The first-order valence-electron chi connectivity index (χ1n) is 7.45. The quantitative estimate of drug-likeness (QED) is 0.629. The topological polar surface area (TPSA) is 72.8 Å². The number of hydrogen-bond donors (Lipinski definition) is 1. The summed E-state index contributed by atoms with van der Waals surface area (Å²) in [5.74, 6) is -1.05. The minimum Gasteiger partial charge on any atom is -0.472 e. The maximum absolute atomic E-state index is 13.0. The highest BCUT2D eigenvalue weighted by atomic mass is 19.4. The maximum atomic E-state index is 13.0. The number of ether oxygens (including phenoxy) is 1. The van der Waals surface area contributed by atoms with E-state index in [1.165, 1.54) is 26.4 Å². The number of carbonyl (C=O) groups excluding carboxylic acids is 1. The van der Waals surface area contributed by atoms with Crippen molar-refractivity contribution in [3.05, 3.63) is 59.3 Å². The molecular formula is C17H16F3N3O3. The van der Waals surface area contributed by atoms with Gasteiger partial charge in [0.05, 0.1) is 0 Å². The molecule has 0 radical (unpaired) electrons. The Hall–Kier alpha value is -3.10. The number of oxime groups is 1. The molecule has 0 bridgehead atoms. The Morgan fingerprint density at radius 2 is 1.96 bits per heavy atom. The number of alkyl halides is 3. The summed E-state index contributed by atoms with van der Waals surface area (Å²) in [6, 6.07) is 8.60. The molecule has 2 rings (SSSR count). The Labute approximate surface area is 147 Å². The minimum absolute atomic E-state index is 0.0220. The Morgan fingerprint density at radius 3 is 2.62 bits per heavy atom. The van der Waals surface area contributed by atoms with Crippen molar-refractivity contribution in [2.45, 2.75) is 12.8 Å². The number of amides is 1. The van der Waals surface area contributed by atoms with E-state index in [0.717, 1.165) is 6.07 Å². The van der Waals surface area contributed by atoms with Crippen LogP contribution in [0.15, 0.2) is 47.8 Å². The van der Waals surface area contributed by atoms with Crippen LogP contribution in [0.3, 0.4) is 0 Å². The molecule has 0 aliphatic heterocycles. The molecule has 2 aromatic rings. The van der Waals surface area contributed by atoms with Crippen LogP contribution in [0.2, 0.25) is 0 Å². The van der Waals surface area contributed by atoms with E-state index < -0.39 is 23.5 Å². The highest BCUT2D eigenvalue weighted by Gasteiger charge is 2.35. The highest BCUT2D eigenvalue weighted by molar-refractivity contribution is 6.45. The third kappa shape index (κ3) is 4.50. The van der Waals surface area contributed by atoms with E-state index in [0.29, 0.717) is 11.1 Å². The molecular weight excluding hydrogens is 351 g/mol. The lowest BCUT2D eigenvalue weighted by molar-refractivity contribution is -0.139. The molecule has 0 unspecified atom stereocenters. The van der Waals surface area contributed by atoms with Crippen molar-refractivity contribution in [3.8, 4) is 5.88 Å². The van der Waals surface area contributed by atoms with Crippen molar-refractivity contribution in [1.29, 1.82) is 0 Å². The molecule has 0 saturated heterocycles. The van der Waals surface area contributed by atoms with Gasteiger partial charge in [0.1, 0.15) is 19.3 Å². The van der Waals surface area contributed by atoms with Gasteiger partial charge in [0.2, 0.25) is 5.88 Å². The number of likely N-dealkylation sites (N-methyl/N-ethyl adjacent to an activating group) is 1. The first kappa shape index (κ1) is 19.2. The molecule has 0 atom stereocenters. The Bertz CT molecular complexity index is 807. The number of rotatable bonds is 6. The average molecular weight is 367 g/mol.